The number of rotatable bonds is 13. The van der Waals surface area contributed by atoms with Gasteiger partial charge < -0.3 is 29.0 Å². The fraction of sp³-hybridized carbons (Fsp3) is 0.600. The van der Waals surface area contributed by atoms with Gasteiger partial charge in [0.25, 0.3) is 0 Å². The molecule has 0 heterocycles. The Morgan fingerprint density at radius 1 is 0.844 bits per heavy atom. The summed E-state index contributed by atoms with van der Waals surface area (Å²) in [6.45, 7) is 6.52. The molecule has 1 aromatic rings. The van der Waals surface area contributed by atoms with Crippen molar-refractivity contribution in [3.05, 3.63) is 29.3 Å². The average Bonchev–Trinajstić information content (AvgIpc) is 2.69. The zero-order valence-electron chi connectivity index (χ0n) is 18.1. The maximum atomic E-state index is 13.4. The first-order valence-electron chi connectivity index (χ1n) is 9.75. The fourth-order valence-corrected chi connectivity index (χ4v) is 2.04. The predicted octanol–water partition coefficient (Wildman–Crippen LogP) is 3.11. The van der Waals surface area contributed by atoms with E-state index in [9.17, 15) is 27.2 Å². The molecule has 0 saturated heterocycles. The third-order valence-electron chi connectivity index (χ3n) is 3.40. The lowest BCUT2D eigenvalue weighted by Gasteiger charge is -2.19. The molecule has 0 radical (unpaired) electrons. The maximum Gasteiger partial charge on any atom is 0.407 e. The highest BCUT2D eigenvalue weighted by Crippen LogP contribution is 2.26. The Hall–Kier alpha value is -2.44. The lowest BCUT2D eigenvalue weighted by atomic mass is 10.2. The summed E-state index contributed by atoms with van der Waals surface area (Å²) in [5, 5.41) is 2.54. The molecule has 0 aliphatic carbocycles. The standard InChI is InChI=1S/C20H27F4NO7/c1-20(2,3)32-19(27)25-5-7-29-9-11-30-10-8-28-6-4-15(26)31-18-16(23)13(21)12-14(22)17(18)24/h12H,4-11H2,1-3H3,(H,25,27). The third kappa shape index (κ3) is 11.3. The number of carbonyl (C=O) groups is 2. The monoisotopic (exact) mass is 469 g/mol. The molecule has 0 bridgehead atoms. The number of hydrogen-bond acceptors (Lipinski definition) is 7. The van der Waals surface area contributed by atoms with Crippen LogP contribution >= 0.6 is 0 Å². The van der Waals surface area contributed by atoms with E-state index in [-0.39, 0.29) is 52.3 Å². The molecule has 1 rings (SSSR count). The molecule has 1 amide bonds. The molecule has 32 heavy (non-hydrogen) atoms. The quantitative estimate of drug-likeness (QED) is 0.156. The predicted molar refractivity (Wildman–Crippen MR) is 103 cm³/mol. The van der Waals surface area contributed by atoms with Crippen LogP contribution in [0.15, 0.2) is 6.07 Å². The number of esters is 1. The van der Waals surface area contributed by atoms with Crippen molar-refractivity contribution in [1.29, 1.82) is 0 Å². The molecule has 182 valence electrons. The van der Waals surface area contributed by atoms with Gasteiger partial charge in [-0.05, 0) is 20.8 Å². The molecule has 0 fully saturated rings. The Kier molecular flexibility index (Phi) is 12.0. The first-order valence-corrected chi connectivity index (χ1v) is 9.75. The summed E-state index contributed by atoms with van der Waals surface area (Å²) >= 11 is 0. The van der Waals surface area contributed by atoms with Crippen LogP contribution in [0, 0.1) is 23.3 Å². The minimum atomic E-state index is -1.80. The van der Waals surface area contributed by atoms with E-state index in [1.54, 1.807) is 20.8 Å². The van der Waals surface area contributed by atoms with Crippen LogP contribution in [0.1, 0.15) is 27.2 Å². The van der Waals surface area contributed by atoms with E-state index in [2.05, 4.69) is 10.1 Å². The zero-order chi connectivity index (χ0) is 24.1. The summed E-state index contributed by atoms with van der Waals surface area (Å²) in [5.74, 6) is -9.50. The molecular weight excluding hydrogens is 442 g/mol. The number of amides is 1. The normalized spacial score (nSPS) is 11.3. The molecule has 12 heteroatoms. The largest absolute Gasteiger partial charge is 0.444 e. The number of alkyl carbamates (subject to hydrolysis) is 1. The number of halogens is 4. The molecule has 8 nitrogen and oxygen atoms in total. The molecule has 1 N–H and O–H groups in total. The van der Waals surface area contributed by atoms with Crippen LogP contribution in [0.4, 0.5) is 22.4 Å². The Balaban J connectivity index is 2.03. The molecule has 0 aromatic heterocycles. The van der Waals surface area contributed by atoms with Gasteiger partial charge in [0.2, 0.25) is 17.4 Å². The van der Waals surface area contributed by atoms with Gasteiger partial charge in [0, 0.05) is 12.6 Å². The Morgan fingerprint density at radius 3 is 1.88 bits per heavy atom. The van der Waals surface area contributed by atoms with E-state index in [0.29, 0.717) is 0 Å². The molecule has 1 aromatic carbocycles. The van der Waals surface area contributed by atoms with Crippen LogP contribution in [0.3, 0.4) is 0 Å². The maximum absolute atomic E-state index is 13.4. The van der Waals surface area contributed by atoms with E-state index in [4.69, 9.17) is 18.9 Å². The molecular formula is C20H27F4NO7. The Morgan fingerprint density at radius 2 is 1.34 bits per heavy atom. The van der Waals surface area contributed by atoms with Crippen molar-refractivity contribution < 1.29 is 50.8 Å². The topological polar surface area (TPSA) is 92.3 Å². The van der Waals surface area contributed by atoms with Gasteiger partial charge in [0.15, 0.2) is 11.6 Å². The van der Waals surface area contributed by atoms with E-state index >= 15 is 0 Å². The minimum absolute atomic E-state index is 0.0110. The first-order chi connectivity index (χ1) is 15.0. The third-order valence-corrected chi connectivity index (χ3v) is 3.40. The molecule has 0 atom stereocenters. The van der Waals surface area contributed by atoms with Crippen LogP contribution in [0.25, 0.3) is 0 Å². The highest BCUT2D eigenvalue weighted by Gasteiger charge is 2.23. The van der Waals surface area contributed by atoms with Crippen molar-refractivity contribution in [3.63, 3.8) is 0 Å². The summed E-state index contributed by atoms with van der Waals surface area (Å²) in [4.78, 5) is 22.9. The lowest BCUT2D eigenvalue weighted by Crippen LogP contribution is -2.34. The number of benzene rings is 1. The van der Waals surface area contributed by atoms with Crippen LogP contribution in [0.5, 0.6) is 5.75 Å². The van der Waals surface area contributed by atoms with Crippen molar-refractivity contribution in [2.75, 3.05) is 46.2 Å². The number of hydrogen-bond donors (Lipinski definition) is 1. The van der Waals surface area contributed by atoms with Crippen LogP contribution in [0.2, 0.25) is 0 Å². The van der Waals surface area contributed by atoms with Gasteiger partial charge in [-0.1, -0.05) is 0 Å². The summed E-state index contributed by atoms with van der Waals surface area (Å²) < 4.78 is 77.9. The zero-order valence-corrected chi connectivity index (χ0v) is 18.1. The van der Waals surface area contributed by atoms with Crippen molar-refractivity contribution in [1.82, 2.24) is 5.32 Å². The van der Waals surface area contributed by atoms with Crippen LogP contribution in [-0.4, -0.2) is 63.8 Å². The molecule has 0 aliphatic heterocycles. The SMILES string of the molecule is CC(C)(C)OC(=O)NCCOCCOCCOCCC(=O)Oc1c(F)c(F)cc(F)c1F. The average molecular weight is 469 g/mol. The van der Waals surface area contributed by atoms with Gasteiger partial charge in [0.05, 0.1) is 46.1 Å². The second kappa shape index (κ2) is 13.9. The van der Waals surface area contributed by atoms with Crippen LogP contribution in [-0.2, 0) is 23.7 Å². The van der Waals surface area contributed by atoms with Crippen molar-refractivity contribution >= 4 is 12.1 Å². The summed E-state index contributed by atoms with van der Waals surface area (Å²) in [6, 6.07) is 0.0110. The first kappa shape index (κ1) is 27.6. The van der Waals surface area contributed by atoms with E-state index < -0.39 is 53.1 Å². The molecule has 0 aliphatic rings. The highest BCUT2D eigenvalue weighted by molar-refractivity contribution is 5.72. The van der Waals surface area contributed by atoms with Crippen molar-refractivity contribution in [3.8, 4) is 5.75 Å². The van der Waals surface area contributed by atoms with Gasteiger partial charge in [-0.25, -0.2) is 13.6 Å². The smallest absolute Gasteiger partial charge is 0.407 e. The highest BCUT2D eigenvalue weighted by atomic mass is 19.2. The fourth-order valence-electron chi connectivity index (χ4n) is 2.04. The van der Waals surface area contributed by atoms with E-state index in [1.807, 2.05) is 0 Å². The Bertz CT molecular complexity index is 730. The second-order valence-corrected chi connectivity index (χ2v) is 7.29. The van der Waals surface area contributed by atoms with Gasteiger partial charge >= 0.3 is 12.1 Å². The molecule has 0 saturated carbocycles. The van der Waals surface area contributed by atoms with Gasteiger partial charge in [-0.3, -0.25) is 4.79 Å². The van der Waals surface area contributed by atoms with Gasteiger partial charge in [-0.2, -0.15) is 8.78 Å². The van der Waals surface area contributed by atoms with Gasteiger partial charge in [-0.15, -0.1) is 0 Å². The van der Waals surface area contributed by atoms with Gasteiger partial charge in [0.1, 0.15) is 5.60 Å². The molecule has 0 unspecified atom stereocenters. The lowest BCUT2D eigenvalue weighted by molar-refractivity contribution is -0.136. The van der Waals surface area contributed by atoms with Crippen molar-refractivity contribution in [2.45, 2.75) is 32.8 Å². The minimum Gasteiger partial charge on any atom is -0.444 e. The molecule has 0 spiro atoms. The van der Waals surface area contributed by atoms with E-state index in [0.717, 1.165) is 0 Å². The second-order valence-electron chi connectivity index (χ2n) is 7.29. The summed E-state index contributed by atoms with van der Waals surface area (Å²) in [7, 11) is 0. The summed E-state index contributed by atoms with van der Waals surface area (Å²) in [5.41, 5.74) is -0.572. The van der Waals surface area contributed by atoms with Crippen molar-refractivity contribution in [2.24, 2.45) is 0 Å². The van der Waals surface area contributed by atoms with E-state index in [1.165, 1.54) is 0 Å². The van der Waals surface area contributed by atoms with Crippen LogP contribution < -0.4 is 10.1 Å². The summed E-state index contributed by atoms with van der Waals surface area (Å²) in [6.07, 6.45) is -0.929. The number of ether oxygens (including phenoxy) is 5. The Labute approximate surface area is 183 Å². The number of carbonyl (C=O) groups excluding carboxylic acids is 2. The number of nitrogens with one attached hydrogen (secondary N) is 1.